The van der Waals surface area contributed by atoms with Crippen molar-refractivity contribution in [2.75, 3.05) is 13.1 Å². The molecule has 1 aliphatic heterocycles. The van der Waals surface area contributed by atoms with Gasteiger partial charge in [0.05, 0.1) is 16.1 Å². The Morgan fingerprint density at radius 2 is 2.32 bits per heavy atom. The minimum atomic E-state index is -0.845. The number of carbonyl (C=O) groups is 2. The van der Waals surface area contributed by atoms with E-state index in [9.17, 15) is 9.59 Å². The maximum absolute atomic E-state index is 12.0. The first-order valence-corrected chi connectivity index (χ1v) is 6.91. The Kier molecular flexibility index (Phi) is 3.71. The third-order valence-corrected chi connectivity index (χ3v) is 4.13. The molecule has 0 aromatic carbocycles. The molecular formula is C13H16N2O3S. The second-order valence-corrected chi connectivity index (χ2v) is 6.06. The summed E-state index contributed by atoms with van der Waals surface area (Å²) in [5.74, 6) is -1.00. The summed E-state index contributed by atoms with van der Waals surface area (Å²) in [6, 6.07) is 0. The number of rotatable bonds is 3. The summed E-state index contributed by atoms with van der Waals surface area (Å²) >= 11 is 1.53. The van der Waals surface area contributed by atoms with Gasteiger partial charge in [0.2, 0.25) is 5.91 Å². The van der Waals surface area contributed by atoms with Crippen LogP contribution in [0.25, 0.3) is 6.08 Å². The van der Waals surface area contributed by atoms with Crippen LogP contribution in [0, 0.1) is 12.3 Å². The number of aliphatic carboxylic acids is 1. The van der Waals surface area contributed by atoms with Crippen molar-refractivity contribution in [1.29, 1.82) is 0 Å². The Bertz CT molecular complexity index is 538. The fraction of sp³-hybridized carbons (Fsp3) is 0.462. The average molecular weight is 280 g/mol. The van der Waals surface area contributed by atoms with Gasteiger partial charge in [0.1, 0.15) is 0 Å². The van der Waals surface area contributed by atoms with Crippen LogP contribution in [0.3, 0.4) is 0 Å². The minimum absolute atomic E-state index is 0.157. The molecule has 0 spiro atoms. The number of hydrogen-bond donors (Lipinski definition) is 1. The molecule has 1 aliphatic rings. The van der Waals surface area contributed by atoms with Crippen molar-refractivity contribution in [2.24, 2.45) is 5.41 Å². The number of carboxylic acid groups (broad SMARTS) is 1. The number of aromatic nitrogens is 1. The monoisotopic (exact) mass is 280 g/mol. The van der Waals surface area contributed by atoms with Crippen molar-refractivity contribution in [2.45, 2.75) is 20.3 Å². The van der Waals surface area contributed by atoms with Crippen LogP contribution in [-0.4, -0.2) is 40.0 Å². The summed E-state index contributed by atoms with van der Waals surface area (Å²) < 4.78 is 0. The lowest BCUT2D eigenvalue weighted by Crippen LogP contribution is -2.34. The van der Waals surface area contributed by atoms with Gasteiger partial charge in [-0.2, -0.15) is 0 Å². The van der Waals surface area contributed by atoms with Gasteiger partial charge >= 0.3 is 5.97 Å². The summed E-state index contributed by atoms with van der Waals surface area (Å²) in [4.78, 5) is 28.9. The molecule has 19 heavy (non-hydrogen) atoms. The topological polar surface area (TPSA) is 70.5 Å². The highest BCUT2D eigenvalue weighted by molar-refractivity contribution is 7.09. The third-order valence-electron chi connectivity index (χ3n) is 3.33. The van der Waals surface area contributed by atoms with Gasteiger partial charge in [-0.25, -0.2) is 4.98 Å². The number of nitrogens with zero attached hydrogens (tertiary/aromatic N) is 2. The van der Waals surface area contributed by atoms with E-state index in [1.807, 2.05) is 12.3 Å². The van der Waals surface area contributed by atoms with Crippen molar-refractivity contribution in [3.8, 4) is 0 Å². The number of amides is 1. The van der Waals surface area contributed by atoms with Crippen LogP contribution in [0.2, 0.25) is 0 Å². The molecule has 2 rings (SSSR count). The Labute approximate surface area is 115 Å². The molecule has 0 bridgehead atoms. The molecule has 1 fully saturated rings. The Morgan fingerprint density at radius 1 is 1.58 bits per heavy atom. The maximum atomic E-state index is 12.0. The Hall–Kier alpha value is -1.69. The minimum Gasteiger partial charge on any atom is -0.481 e. The van der Waals surface area contributed by atoms with Crippen LogP contribution in [-0.2, 0) is 9.59 Å². The molecule has 102 valence electrons. The smallest absolute Gasteiger partial charge is 0.311 e. The van der Waals surface area contributed by atoms with Gasteiger partial charge in [-0.05, 0) is 26.3 Å². The summed E-state index contributed by atoms with van der Waals surface area (Å²) in [7, 11) is 0. The zero-order valence-corrected chi connectivity index (χ0v) is 11.7. The number of carbonyl (C=O) groups excluding carboxylic acids is 1. The normalized spacial score (nSPS) is 23.2. The summed E-state index contributed by atoms with van der Waals surface area (Å²) in [5.41, 5.74) is -0.0585. The standard InChI is InChI=1S/C13H16N2O3S/c1-9-14-10(7-19-9)3-4-11(16)15-6-5-13(2,8-15)12(17)18/h3-4,7H,5-6,8H2,1-2H3,(H,17,18)/b4-3-/t13-/m0/s1. The van der Waals surface area contributed by atoms with Crippen LogP contribution < -0.4 is 0 Å². The molecule has 5 nitrogen and oxygen atoms in total. The number of thiazole rings is 1. The highest BCUT2D eigenvalue weighted by Crippen LogP contribution is 2.30. The van der Waals surface area contributed by atoms with E-state index in [1.54, 1.807) is 17.9 Å². The van der Waals surface area contributed by atoms with Gasteiger partial charge < -0.3 is 10.0 Å². The van der Waals surface area contributed by atoms with E-state index >= 15 is 0 Å². The first-order chi connectivity index (χ1) is 8.90. The fourth-order valence-electron chi connectivity index (χ4n) is 2.04. The highest BCUT2D eigenvalue weighted by Gasteiger charge is 2.41. The van der Waals surface area contributed by atoms with Gasteiger partial charge in [0.25, 0.3) is 0 Å². The van der Waals surface area contributed by atoms with Crippen LogP contribution >= 0.6 is 11.3 Å². The number of hydrogen-bond acceptors (Lipinski definition) is 4. The second kappa shape index (κ2) is 5.13. The first kappa shape index (κ1) is 13.7. The molecule has 0 radical (unpaired) electrons. The van der Waals surface area contributed by atoms with E-state index in [4.69, 9.17) is 5.11 Å². The SMILES string of the molecule is Cc1nc(/C=C\C(=O)N2CC[C@](C)(C(=O)O)C2)cs1. The van der Waals surface area contributed by atoms with E-state index in [0.717, 1.165) is 10.7 Å². The highest BCUT2D eigenvalue weighted by atomic mass is 32.1. The lowest BCUT2D eigenvalue weighted by atomic mass is 9.90. The van der Waals surface area contributed by atoms with Crippen molar-refractivity contribution >= 4 is 29.3 Å². The molecule has 2 heterocycles. The molecule has 1 saturated heterocycles. The van der Waals surface area contributed by atoms with Gasteiger partial charge in [-0.1, -0.05) is 0 Å². The van der Waals surface area contributed by atoms with Crippen molar-refractivity contribution in [3.05, 3.63) is 22.2 Å². The van der Waals surface area contributed by atoms with E-state index in [1.165, 1.54) is 17.4 Å². The van der Waals surface area contributed by atoms with E-state index < -0.39 is 11.4 Å². The summed E-state index contributed by atoms with van der Waals surface area (Å²) in [5, 5.41) is 11.9. The molecule has 1 N–H and O–H groups in total. The zero-order valence-electron chi connectivity index (χ0n) is 10.9. The second-order valence-electron chi connectivity index (χ2n) is 5.00. The molecule has 0 aliphatic carbocycles. The van der Waals surface area contributed by atoms with Crippen molar-refractivity contribution in [3.63, 3.8) is 0 Å². The van der Waals surface area contributed by atoms with Crippen LogP contribution in [0.15, 0.2) is 11.5 Å². The predicted octanol–water partition coefficient (Wildman–Crippen LogP) is 1.79. The van der Waals surface area contributed by atoms with E-state index in [-0.39, 0.29) is 12.5 Å². The molecule has 1 aromatic heterocycles. The molecule has 0 saturated carbocycles. The molecule has 1 aromatic rings. The van der Waals surface area contributed by atoms with E-state index in [0.29, 0.717) is 13.0 Å². The van der Waals surface area contributed by atoms with Gasteiger partial charge in [0.15, 0.2) is 0 Å². The number of carboxylic acids is 1. The van der Waals surface area contributed by atoms with Gasteiger partial charge in [-0.3, -0.25) is 9.59 Å². The molecule has 1 amide bonds. The molecule has 1 atom stereocenters. The summed E-state index contributed by atoms with van der Waals surface area (Å²) in [6.07, 6.45) is 3.63. The van der Waals surface area contributed by atoms with Crippen LogP contribution in [0.4, 0.5) is 0 Å². The van der Waals surface area contributed by atoms with Crippen molar-refractivity contribution in [1.82, 2.24) is 9.88 Å². The fourth-order valence-corrected chi connectivity index (χ4v) is 2.62. The van der Waals surface area contributed by atoms with E-state index in [2.05, 4.69) is 4.98 Å². The van der Waals surface area contributed by atoms with Gasteiger partial charge in [0, 0.05) is 24.5 Å². The first-order valence-electron chi connectivity index (χ1n) is 6.03. The maximum Gasteiger partial charge on any atom is 0.311 e. The lowest BCUT2D eigenvalue weighted by molar-refractivity contribution is -0.147. The quantitative estimate of drug-likeness (QED) is 0.857. The number of aryl methyl sites for hydroxylation is 1. The van der Waals surface area contributed by atoms with Crippen LogP contribution in [0.1, 0.15) is 24.0 Å². The van der Waals surface area contributed by atoms with Gasteiger partial charge in [-0.15, -0.1) is 11.3 Å². The zero-order chi connectivity index (χ0) is 14.0. The molecule has 6 heteroatoms. The van der Waals surface area contributed by atoms with Crippen LogP contribution in [0.5, 0.6) is 0 Å². The molecule has 0 unspecified atom stereocenters. The lowest BCUT2D eigenvalue weighted by Gasteiger charge is -2.18. The Morgan fingerprint density at radius 3 is 2.84 bits per heavy atom. The molecular weight excluding hydrogens is 264 g/mol. The Balaban J connectivity index is 1.99. The predicted molar refractivity (Wildman–Crippen MR) is 72.8 cm³/mol. The summed E-state index contributed by atoms with van der Waals surface area (Å²) in [6.45, 7) is 4.34. The third kappa shape index (κ3) is 3.01. The number of likely N-dealkylation sites (tertiary alicyclic amines) is 1. The largest absolute Gasteiger partial charge is 0.481 e. The average Bonchev–Trinajstić information content (AvgIpc) is 2.94. The van der Waals surface area contributed by atoms with Crippen molar-refractivity contribution < 1.29 is 14.7 Å².